The number of thioether (sulfide) groups is 1. The highest BCUT2D eigenvalue weighted by molar-refractivity contribution is 8.03. The van der Waals surface area contributed by atoms with Crippen LogP contribution in [0.25, 0.3) is 0 Å². The highest BCUT2D eigenvalue weighted by atomic mass is 32.2. The molecule has 0 aromatic rings. The van der Waals surface area contributed by atoms with Crippen LogP contribution in [-0.2, 0) is 0 Å². The molecular formula is C17H22S. The summed E-state index contributed by atoms with van der Waals surface area (Å²) in [5.74, 6) is 1.35. The molecule has 0 aromatic heterocycles. The maximum Gasteiger partial charge on any atom is 0.0234 e. The van der Waals surface area contributed by atoms with E-state index in [0.717, 1.165) is 5.75 Å². The molecule has 0 aromatic carbocycles. The van der Waals surface area contributed by atoms with Crippen molar-refractivity contribution < 1.29 is 0 Å². The Hall–Kier alpha value is -1.21. The van der Waals surface area contributed by atoms with Crippen LogP contribution in [0.1, 0.15) is 20.8 Å². The van der Waals surface area contributed by atoms with Crippen molar-refractivity contribution in [1.29, 1.82) is 0 Å². The first kappa shape index (κ1) is 14.8. The second-order valence-electron chi connectivity index (χ2n) is 4.22. The van der Waals surface area contributed by atoms with E-state index in [9.17, 15) is 0 Å². The lowest BCUT2D eigenvalue weighted by Crippen LogP contribution is -2.03. The summed E-state index contributed by atoms with van der Waals surface area (Å²) in [6.07, 6.45) is 12.6. The summed E-state index contributed by atoms with van der Waals surface area (Å²) < 4.78 is 0. The van der Waals surface area contributed by atoms with Crippen LogP contribution < -0.4 is 0 Å². The number of hydrogen-bond acceptors (Lipinski definition) is 1. The number of rotatable bonds is 4. The molecule has 1 rings (SSSR count). The molecule has 1 aliphatic rings. The summed E-state index contributed by atoms with van der Waals surface area (Å²) in [6.45, 7) is 14.3. The lowest BCUT2D eigenvalue weighted by Gasteiger charge is -2.16. The molecule has 0 saturated carbocycles. The Balaban J connectivity index is 3.37. The van der Waals surface area contributed by atoms with E-state index in [1.165, 1.54) is 21.6 Å². The van der Waals surface area contributed by atoms with Gasteiger partial charge in [-0.2, -0.15) is 0 Å². The molecule has 0 N–H and O–H groups in total. The van der Waals surface area contributed by atoms with Gasteiger partial charge in [-0.05, 0) is 30.6 Å². The third kappa shape index (κ3) is 3.17. The van der Waals surface area contributed by atoms with Gasteiger partial charge in [-0.3, -0.25) is 0 Å². The van der Waals surface area contributed by atoms with Gasteiger partial charge in [0.05, 0.1) is 0 Å². The quantitative estimate of drug-likeness (QED) is 0.646. The zero-order valence-electron chi connectivity index (χ0n) is 11.6. The molecule has 0 fully saturated rings. The second kappa shape index (κ2) is 7.27. The maximum absolute atomic E-state index is 3.95. The van der Waals surface area contributed by atoms with E-state index in [0.29, 0.717) is 5.92 Å². The summed E-state index contributed by atoms with van der Waals surface area (Å²) in [6, 6.07) is 0. The van der Waals surface area contributed by atoms with Crippen molar-refractivity contribution in [2.24, 2.45) is 5.92 Å². The molecule has 1 heterocycles. The van der Waals surface area contributed by atoms with E-state index < -0.39 is 0 Å². The van der Waals surface area contributed by atoms with Gasteiger partial charge in [0, 0.05) is 16.6 Å². The van der Waals surface area contributed by atoms with Crippen LogP contribution >= 0.6 is 11.8 Å². The van der Waals surface area contributed by atoms with Crippen molar-refractivity contribution in [3.63, 3.8) is 0 Å². The first-order valence-electron chi connectivity index (χ1n) is 6.29. The van der Waals surface area contributed by atoms with Crippen LogP contribution in [0.4, 0.5) is 0 Å². The van der Waals surface area contributed by atoms with Gasteiger partial charge in [0.25, 0.3) is 0 Å². The van der Waals surface area contributed by atoms with Crippen molar-refractivity contribution in [3.8, 4) is 0 Å². The number of allylic oxidation sites excluding steroid dienone is 8. The van der Waals surface area contributed by atoms with Crippen LogP contribution in [0, 0.1) is 5.92 Å². The van der Waals surface area contributed by atoms with Gasteiger partial charge in [0.1, 0.15) is 0 Å². The van der Waals surface area contributed by atoms with Crippen LogP contribution in [0.2, 0.25) is 0 Å². The lowest BCUT2D eigenvalue weighted by molar-refractivity contribution is 0.839. The van der Waals surface area contributed by atoms with Crippen molar-refractivity contribution in [2.75, 3.05) is 5.75 Å². The van der Waals surface area contributed by atoms with Crippen LogP contribution in [-0.4, -0.2) is 5.75 Å². The first-order chi connectivity index (χ1) is 8.69. The summed E-state index contributed by atoms with van der Waals surface area (Å²) in [5, 5.41) is 0. The smallest absolute Gasteiger partial charge is 0.0234 e. The summed E-state index contributed by atoms with van der Waals surface area (Å²) >= 11 is 1.85. The molecule has 96 valence electrons. The van der Waals surface area contributed by atoms with Crippen molar-refractivity contribution in [3.05, 3.63) is 71.2 Å². The maximum atomic E-state index is 3.95. The first-order valence-corrected chi connectivity index (χ1v) is 7.28. The third-order valence-electron chi connectivity index (χ3n) is 3.10. The minimum atomic E-state index is 0.383. The van der Waals surface area contributed by atoms with E-state index in [1.807, 2.05) is 23.9 Å². The molecular weight excluding hydrogens is 236 g/mol. The Morgan fingerprint density at radius 2 is 1.67 bits per heavy atom. The van der Waals surface area contributed by atoms with Crippen LogP contribution in [0.3, 0.4) is 0 Å². The highest BCUT2D eigenvalue weighted by Crippen LogP contribution is 2.38. The molecule has 0 nitrogen and oxygen atoms in total. The molecule has 0 spiro atoms. The van der Waals surface area contributed by atoms with Crippen molar-refractivity contribution in [1.82, 2.24) is 0 Å². The molecule has 0 radical (unpaired) electrons. The second-order valence-corrected chi connectivity index (χ2v) is 5.24. The number of hydrogen-bond donors (Lipinski definition) is 0. The Morgan fingerprint density at radius 3 is 2.17 bits per heavy atom. The standard InChI is InChI=1S/C17H22S/c1-6-10-15-13(5)16(11-7-2)17(9-4)18-12-14(15)8-3/h6-11,13H,3-4,12H2,1-2,5H3/b10-6-,11-7-. The molecule has 1 heteroatoms. The summed E-state index contributed by atoms with van der Waals surface area (Å²) in [7, 11) is 0. The van der Waals surface area contributed by atoms with Gasteiger partial charge >= 0.3 is 0 Å². The molecule has 0 amide bonds. The minimum Gasteiger partial charge on any atom is -0.121 e. The fourth-order valence-corrected chi connectivity index (χ4v) is 3.30. The molecule has 1 atom stereocenters. The zero-order valence-corrected chi connectivity index (χ0v) is 12.4. The molecule has 0 aliphatic carbocycles. The fraction of sp³-hybridized carbons (Fsp3) is 0.294. The monoisotopic (exact) mass is 258 g/mol. The molecule has 0 bridgehead atoms. The van der Waals surface area contributed by atoms with Gasteiger partial charge < -0.3 is 0 Å². The molecule has 1 aliphatic heterocycles. The van der Waals surface area contributed by atoms with Gasteiger partial charge in [0.15, 0.2) is 0 Å². The van der Waals surface area contributed by atoms with E-state index in [2.05, 4.69) is 58.2 Å². The lowest BCUT2D eigenvalue weighted by atomic mass is 9.88. The van der Waals surface area contributed by atoms with Gasteiger partial charge in [-0.25, -0.2) is 0 Å². The Labute approximate surface area is 116 Å². The predicted octanol–water partition coefficient (Wildman–Crippen LogP) is 5.44. The normalized spacial score (nSPS) is 21.8. The average Bonchev–Trinajstić information content (AvgIpc) is 2.50. The predicted molar refractivity (Wildman–Crippen MR) is 85.7 cm³/mol. The Bertz CT molecular complexity index is 402. The van der Waals surface area contributed by atoms with Crippen LogP contribution in [0.5, 0.6) is 0 Å². The molecule has 0 saturated heterocycles. The van der Waals surface area contributed by atoms with Crippen molar-refractivity contribution >= 4 is 11.8 Å². The zero-order chi connectivity index (χ0) is 13.5. The Kier molecular flexibility index (Phi) is 6.00. The van der Waals surface area contributed by atoms with E-state index >= 15 is 0 Å². The summed E-state index contributed by atoms with van der Waals surface area (Å²) in [4.78, 5) is 1.28. The van der Waals surface area contributed by atoms with E-state index in [1.54, 1.807) is 0 Å². The van der Waals surface area contributed by atoms with E-state index in [-0.39, 0.29) is 0 Å². The SMILES string of the molecule is C=CC1=C(/C=C\C)C(C)C(/C=C\C)=C(C=C)SC1. The fourth-order valence-electron chi connectivity index (χ4n) is 2.17. The van der Waals surface area contributed by atoms with Gasteiger partial charge in [0.2, 0.25) is 0 Å². The van der Waals surface area contributed by atoms with E-state index in [4.69, 9.17) is 0 Å². The molecule has 1 unspecified atom stereocenters. The van der Waals surface area contributed by atoms with Gasteiger partial charge in [-0.15, -0.1) is 11.8 Å². The van der Waals surface area contributed by atoms with Crippen molar-refractivity contribution in [2.45, 2.75) is 20.8 Å². The topological polar surface area (TPSA) is 0 Å². The van der Waals surface area contributed by atoms with Gasteiger partial charge in [-0.1, -0.05) is 56.5 Å². The summed E-state index contributed by atoms with van der Waals surface area (Å²) in [5.41, 5.74) is 4.04. The largest absolute Gasteiger partial charge is 0.121 e. The minimum absolute atomic E-state index is 0.383. The highest BCUT2D eigenvalue weighted by Gasteiger charge is 2.20. The molecule has 18 heavy (non-hydrogen) atoms. The third-order valence-corrected chi connectivity index (χ3v) is 4.26. The Morgan fingerprint density at radius 1 is 1.06 bits per heavy atom. The van der Waals surface area contributed by atoms with Crippen LogP contribution in [0.15, 0.2) is 71.2 Å². The average molecular weight is 258 g/mol.